The van der Waals surface area contributed by atoms with Crippen LogP contribution < -0.4 is 0 Å². The van der Waals surface area contributed by atoms with E-state index < -0.39 is 5.97 Å². The number of ether oxygens (including phenoxy) is 1. The Morgan fingerprint density at radius 2 is 1.85 bits per heavy atom. The summed E-state index contributed by atoms with van der Waals surface area (Å²) in [6.07, 6.45) is 3.83. The Hall–Kier alpha value is -3.48. The largest absolute Gasteiger partial charge is 0.454 e. The number of fused-ring (bicyclic) bond motifs is 1. The zero-order valence-corrected chi connectivity index (χ0v) is 14.5. The number of aromatic nitrogens is 5. The summed E-state index contributed by atoms with van der Waals surface area (Å²) in [5.74, 6) is -0.516. The topological polar surface area (TPSA) is 74.3 Å². The van der Waals surface area contributed by atoms with Gasteiger partial charge in [-0.3, -0.25) is 0 Å². The molecule has 3 heterocycles. The number of pyridine rings is 1. The molecule has 7 nitrogen and oxygen atoms in total. The van der Waals surface area contributed by atoms with Crippen LogP contribution in [0.25, 0.3) is 11.3 Å². The third-order valence-corrected chi connectivity index (χ3v) is 3.96. The van der Waals surface area contributed by atoms with E-state index >= 15 is 0 Å². The van der Waals surface area contributed by atoms with Gasteiger partial charge in [0.05, 0.1) is 17.1 Å². The van der Waals surface area contributed by atoms with Crippen LogP contribution in [0.4, 0.5) is 0 Å². The Kier molecular flexibility index (Phi) is 3.96. The Morgan fingerprint density at radius 1 is 1.04 bits per heavy atom. The molecular weight excluding hydrogens is 330 g/mol. The van der Waals surface area contributed by atoms with Crippen molar-refractivity contribution in [1.82, 2.24) is 24.4 Å². The summed E-state index contributed by atoms with van der Waals surface area (Å²) in [4.78, 5) is 18.2. The number of esters is 1. The standard InChI is InChI=1S/C19H17N5O2/c1-13-8-9-17-20-15(11-23(17)10-13)12-26-19(25)18-14(2)21-24(22-18)16-6-4-3-5-7-16/h3-11H,12H2,1-2H3. The predicted molar refractivity (Wildman–Crippen MR) is 95.1 cm³/mol. The Morgan fingerprint density at radius 3 is 2.65 bits per heavy atom. The van der Waals surface area contributed by atoms with E-state index in [4.69, 9.17) is 4.74 Å². The maximum atomic E-state index is 12.4. The van der Waals surface area contributed by atoms with Crippen molar-refractivity contribution in [2.75, 3.05) is 0 Å². The van der Waals surface area contributed by atoms with E-state index in [-0.39, 0.29) is 12.3 Å². The molecule has 3 aromatic heterocycles. The highest BCUT2D eigenvalue weighted by atomic mass is 16.5. The molecule has 1 aromatic carbocycles. The van der Waals surface area contributed by atoms with Crippen molar-refractivity contribution in [2.45, 2.75) is 20.5 Å². The summed E-state index contributed by atoms with van der Waals surface area (Å²) in [6, 6.07) is 13.3. The molecule has 0 bridgehead atoms. The van der Waals surface area contributed by atoms with Crippen LogP contribution in [0, 0.1) is 13.8 Å². The number of aryl methyl sites for hydroxylation is 2. The first-order valence-electron chi connectivity index (χ1n) is 8.21. The van der Waals surface area contributed by atoms with Gasteiger partial charge < -0.3 is 9.14 Å². The number of nitrogens with zero attached hydrogens (tertiary/aromatic N) is 5. The number of hydrogen-bond donors (Lipinski definition) is 0. The van der Waals surface area contributed by atoms with E-state index in [9.17, 15) is 4.79 Å². The lowest BCUT2D eigenvalue weighted by atomic mass is 10.3. The molecule has 4 rings (SSSR count). The van der Waals surface area contributed by atoms with Gasteiger partial charge in [-0.05, 0) is 37.6 Å². The van der Waals surface area contributed by atoms with Crippen molar-refractivity contribution >= 4 is 11.6 Å². The Bertz CT molecular complexity index is 1080. The number of carbonyl (C=O) groups excluding carboxylic acids is 1. The minimum atomic E-state index is -0.516. The maximum Gasteiger partial charge on any atom is 0.361 e. The molecule has 0 aliphatic rings. The molecule has 7 heteroatoms. The summed E-state index contributed by atoms with van der Waals surface area (Å²) < 4.78 is 7.29. The smallest absolute Gasteiger partial charge is 0.361 e. The minimum absolute atomic E-state index is 0.0806. The first-order valence-corrected chi connectivity index (χ1v) is 8.21. The highest BCUT2D eigenvalue weighted by Crippen LogP contribution is 2.12. The molecule has 0 spiro atoms. The quantitative estimate of drug-likeness (QED) is 0.531. The molecule has 4 aromatic rings. The SMILES string of the molecule is Cc1ccc2nc(COC(=O)c3nn(-c4ccccc4)nc3C)cn2c1. The van der Waals surface area contributed by atoms with Crippen LogP contribution in [0.1, 0.15) is 27.4 Å². The summed E-state index contributed by atoms with van der Waals surface area (Å²) in [7, 11) is 0. The molecule has 26 heavy (non-hydrogen) atoms. The van der Waals surface area contributed by atoms with Gasteiger partial charge in [-0.15, -0.1) is 5.10 Å². The van der Waals surface area contributed by atoms with Crippen LogP contribution in [0.15, 0.2) is 54.9 Å². The number of rotatable bonds is 4. The average molecular weight is 347 g/mol. The first-order chi connectivity index (χ1) is 12.6. The second-order valence-corrected chi connectivity index (χ2v) is 6.04. The van der Waals surface area contributed by atoms with E-state index in [2.05, 4.69) is 15.2 Å². The van der Waals surface area contributed by atoms with Gasteiger partial charge in [0.2, 0.25) is 0 Å². The minimum Gasteiger partial charge on any atom is -0.454 e. The van der Waals surface area contributed by atoms with E-state index in [0.717, 1.165) is 16.9 Å². The zero-order chi connectivity index (χ0) is 18.1. The van der Waals surface area contributed by atoms with E-state index in [1.54, 1.807) is 6.92 Å². The monoisotopic (exact) mass is 347 g/mol. The van der Waals surface area contributed by atoms with E-state index in [1.165, 1.54) is 4.80 Å². The summed E-state index contributed by atoms with van der Waals surface area (Å²) in [6.45, 7) is 3.83. The highest BCUT2D eigenvalue weighted by molar-refractivity contribution is 5.88. The van der Waals surface area contributed by atoms with Gasteiger partial charge >= 0.3 is 5.97 Å². The molecule has 0 atom stereocenters. The van der Waals surface area contributed by atoms with Crippen LogP contribution in [-0.4, -0.2) is 30.3 Å². The molecule has 0 fully saturated rings. The van der Waals surface area contributed by atoms with Crippen LogP contribution >= 0.6 is 0 Å². The van der Waals surface area contributed by atoms with Gasteiger partial charge in [-0.25, -0.2) is 9.78 Å². The fourth-order valence-electron chi connectivity index (χ4n) is 2.68. The van der Waals surface area contributed by atoms with Gasteiger partial charge in [0, 0.05) is 12.4 Å². The first kappa shape index (κ1) is 16.0. The number of carbonyl (C=O) groups is 1. The molecule has 0 aliphatic heterocycles. The zero-order valence-electron chi connectivity index (χ0n) is 14.5. The van der Waals surface area contributed by atoms with Gasteiger partial charge in [-0.2, -0.15) is 9.90 Å². The molecule has 0 N–H and O–H groups in total. The third-order valence-electron chi connectivity index (χ3n) is 3.96. The van der Waals surface area contributed by atoms with Crippen LogP contribution in [0.3, 0.4) is 0 Å². The van der Waals surface area contributed by atoms with Gasteiger partial charge in [-0.1, -0.05) is 24.3 Å². The predicted octanol–water partition coefficient (Wildman–Crippen LogP) is 2.89. The lowest BCUT2D eigenvalue weighted by Gasteiger charge is -2.00. The van der Waals surface area contributed by atoms with Crippen LogP contribution in [0.5, 0.6) is 0 Å². The van der Waals surface area contributed by atoms with Crippen molar-refractivity contribution in [3.63, 3.8) is 0 Å². The second kappa shape index (κ2) is 6.44. The van der Waals surface area contributed by atoms with Crippen molar-refractivity contribution in [2.24, 2.45) is 0 Å². The molecule has 0 amide bonds. The van der Waals surface area contributed by atoms with Gasteiger partial charge in [0.25, 0.3) is 0 Å². The Labute approximate surface area is 149 Å². The van der Waals surface area contributed by atoms with E-state index in [0.29, 0.717) is 11.4 Å². The van der Waals surface area contributed by atoms with Gasteiger partial charge in [0.1, 0.15) is 12.3 Å². The molecule has 130 valence electrons. The van der Waals surface area contributed by atoms with Crippen molar-refractivity contribution in [1.29, 1.82) is 0 Å². The van der Waals surface area contributed by atoms with Crippen molar-refractivity contribution in [3.05, 3.63) is 77.5 Å². The lowest BCUT2D eigenvalue weighted by Crippen LogP contribution is -2.08. The number of imidazole rings is 1. The molecular formula is C19H17N5O2. The summed E-state index contributed by atoms with van der Waals surface area (Å²) in [5, 5.41) is 8.54. The Balaban J connectivity index is 1.50. The molecule has 0 aliphatic carbocycles. The molecule has 0 saturated carbocycles. The average Bonchev–Trinajstić information content (AvgIpc) is 3.23. The number of benzene rings is 1. The lowest BCUT2D eigenvalue weighted by molar-refractivity contribution is 0.0460. The summed E-state index contributed by atoms with van der Waals surface area (Å²) in [5.41, 5.74) is 4.12. The van der Waals surface area contributed by atoms with Crippen molar-refractivity contribution < 1.29 is 9.53 Å². The number of hydrogen-bond acceptors (Lipinski definition) is 5. The fourth-order valence-corrected chi connectivity index (χ4v) is 2.68. The van der Waals surface area contributed by atoms with Crippen molar-refractivity contribution in [3.8, 4) is 5.69 Å². The molecule has 0 unspecified atom stereocenters. The second-order valence-electron chi connectivity index (χ2n) is 6.04. The fraction of sp³-hybridized carbons (Fsp3) is 0.158. The highest BCUT2D eigenvalue weighted by Gasteiger charge is 2.18. The van der Waals surface area contributed by atoms with E-state index in [1.807, 2.05) is 66.2 Å². The normalized spacial score (nSPS) is 11.0. The number of para-hydroxylation sites is 1. The molecule has 0 radical (unpaired) electrons. The molecule has 0 saturated heterocycles. The van der Waals surface area contributed by atoms with Gasteiger partial charge in [0.15, 0.2) is 5.69 Å². The van der Waals surface area contributed by atoms with Crippen LogP contribution in [0.2, 0.25) is 0 Å². The van der Waals surface area contributed by atoms with Crippen LogP contribution in [-0.2, 0) is 11.3 Å². The maximum absolute atomic E-state index is 12.4. The summed E-state index contributed by atoms with van der Waals surface area (Å²) >= 11 is 0. The third kappa shape index (κ3) is 3.06.